The van der Waals surface area contributed by atoms with Crippen molar-refractivity contribution in [2.24, 2.45) is 0 Å². The molecule has 2 aliphatic heterocycles. The van der Waals surface area contributed by atoms with E-state index in [1.54, 1.807) is 0 Å². The SMILES string of the molecule is O=C1NCNc2c(-c3ccc(OCCN4CCCC4)cc3)[nH]c3cccc1c23. The van der Waals surface area contributed by atoms with Gasteiger partial charge in [-0.05, 0) is 62.3 Å². The summed E-state index contributed by atoms with van der Waals surface area (Å²) in [6.07, 6.45) is 2.61. The van der Waals surface area contributed by atoms with Crippen molar-refractivity contribution < 1.29 is 9.53 Å². The molecule has 0 atom stereocenters. The van der Waals surface area contributed by atoms with Crippen LogP contribution in [0.15, 0.2) is 42.5 Å². The highest BCUT2D eigenvalue weighted by atomic mass is 16.5. The molecule has 0 spiro atoms. The predicted molar refractivity (Wildman–Crippen MR) is 111 cm³/mol. The lowest BCUT2D eigenvalue weighted by Crippen LogP contribution is -2.26. The quantitative estimate of drug-likeness (QED) is 0.638. The molecule has 0 radical (unpaired) electrons. The number of hydrogen-bond acceptors (Lipinski definition) is 4. The Balaban J connectivity index is 1.38. The van der Waals surface area contributed by atoms with Crippen LogP contribution >= 0.6 is 0 Å². The molecule has 3 N–H and O–H groups in total. The first-order chi connectivity index (χ1) is 13.8. The molecule has 3 heterocycles. The maximum absolute atomic E-state index is 12.3. The lowest BCUT2D eigenvalue weighted by Gasteiger charge is -2.15. The molecule has 28 heavy (non-hydrogen) atoms. The van der Waals surface area contributed by atoms with Gasteiger partial charge in [0, 0.05) is 23.0 Å². The highest BCUT2D eigenvalue weighted by Crippen LogP contribution is 2.38. The molecule has 144 valence electrons. The summed E-state index contributed by atoms with van der Waals surface area (Å²) in [4.78, 5) is 18.2. The average molecular weight is 376 g/mol. The molecule has 3 aromatic rings. The molecule has 6 heteroatoms. The summed E-state index contributed by atoms with van der Waals surface area (Å²) in [6.45, 7) is 4.50. The summed E-state index contributed by atoms with van der Waals surface area (Å²) in [5, 5.41) is 7.17. The maximum atomic E-state index is 12.3. The number of nitrogens with zero attached hydrogens (tertiary/aromatic N) is 1. The van der Waals surface area contributed by atoms with Crippen molar-refractivity contribution in [3.8, 4) is 17.0 Å². The first kappa shape index (κ1) is 17.1. The zero-order valence-electron chi connectivity index (χ0n) is 15.8. The Morgan fingerprint density at radius 2 is 1.82 bits per heavy atom. The lowest BCUT2D eigenvalue weighted by atomic mass is 10.1. The minimum Gasteiger partial charge on any atom is -0.492 e. The topological polar surface area (TPSA) is 69.4 Å². The van der Waals surface area contributed by atoms with Gasteiger partial charge in [-0.2, -0.15) is 0 Å². The van der Waals surface area contributed by atoms with Crippen molar-refractivity contribution in [1.29, 1.82) is 0 Å². The van der Waals surface area contributed by atoms with Crippen LogP contribution in [0.1, 0.15) is 23.2 Å². The molecular weight excluding hydrogens is 352 g/mol. The van der Waals surface area contributed by atoms with Gasteiger partial charge in [0.05, 0.1) is 23.6 Å². The van der Waals surface area contributed by atoms with Gasteiger partial charge < -0.3 is 20.4 Å². The van der Waals surface area contributed by atoms with Crippen LogP contribution in [0.2, 0.25) is 0 Å². The molecule has 2 aliphatic rings. The van der Waals surface area contributed by atoms with Crippen molar-refractivity contribution in [1.82, 2.24) is 15.2 Å². The molecule has 1 saturated heterocycles. The van der Waals surface area contributed by atoms with Gasteiger partial charge in [0.2, 0.25) is 0 Å². The standard InChI is InChI=1S/C22H24N4O2/c27-22-17-4-3-5-18-19(17)21(23-14-24-22)20(25-18)15-6-8-16(9-7-15)28-13-12-26-10-1-2-11-26/h3-9,23,25H,1-2,10-14H2,(H,24,27). The fraction of sp³-hybridized carbons (Fsp3) is 0.318. The van der Waals surface area contributed by atoms with Gasteiger partial charge in [-0.3, -0.25) is 9.69 Å². The van der Waals surface area contributed by atoms with Gasteiger partial charge >= 0.3 is 0 Å². The number of aromatic amines is 1. The van der Waals surface area contributed by atoms with E-state index in [0.29, 0.717) is 12.2 Å². The highest BCUT2D eigenvalue weighted by Gasteiger charge is 2.21. The summed E-state index contributed by atoms with van der Waals surface area (Å²) in [6, 6.07) is 13.9. The average Bonchev–Trinajstić information content (AvgIpc) is 3.32. The number of aromatic nitrogens is 1. The molecule has 0 bridgehead atoms. The van der Waals surface area contributed by atoms with E-state index in [1.807, 2.05) is 30.3 Å². The van der Waals surface area contributed by atoms with Crippen molar-refractivity contribution in [2.75, 3.05) is 38.2 Å². The molecular formula is C22H24N4O2. The number of nitrogens with one attached hydrogen (secondary N) is 3. The molecule has 5 rings (SSSR count). The minimum atomic E-state index is -0.0517. The first-order valence-electron chi connectivity index (χ1n) is 9.92. The molecule has 1 fully saturated rings. The van der Waals surface area contributed by atoms with Crippen LogP contribution in [0.25, 0.3) is 22.2 Å². The van der Waals surface area contributed by atoms with Crippen LogP contribution in [0.4, 0.5) is 5.69 Å². The van der Waals surface area contributed by atoms with Gasteiger partial charge in [-0.15, -0.1) is 0 Å². The third kappa shape index (κ3) is 3.10. The predicted octanol–water partition coefficient (Wildman–Crippen LogP) is 3.42. The third-order valence-corrected chi connectivity index (χ3v) is 5.60. The van der Waals surface area contributed by atoms with Crippen LogP contribution < -0.4 is 15.4 Å². The van der Waals surface area contributed by atoms with Gasteiger partial charge in [0.25, 0.3) is 5.91 Å². The van der Waals surface area contributed by atoms with Crippen LogP contribution in [-0.2, 0) is 0 Å². The number of anilines is 1. The number of likely N-dealkylation sites (tertiary alicyclic amines) is 1. The molecule has 6 nitrogen and oxygen atoms in total. The van der Waals surface area contributed by atoms with Crippen molar-refractivity contribution >= 4 is 22.5 Å². The van der Waals surface area contributed by atoms with Crippen LogP contribution in [-0.4, -0.2) is 48.7 Å². The zero-order chi connectivity index (χ0) is 18.9. The Morgan fingerprint density at radius 1 is 1.00 bits per heavy atom. The molecule has 2 aromatic carbocycles. The van der Waals surface area contributed by atoms with Crippen molar-refractivity contribution in [3.63, 3.8) is 0 Å². The van der Waals surface area contributed by atoms with Crippen molar-refractivity contribution in [2.45, 2.75) is 12.8 Å². The number of carbonyl (C=O) groups is 1. The Morgan fingerprint density at radius 3 is 2.64 bits per heavy atom. The second-order valence-corrected chi connectivity index (χ2v) is 7.38. The minimum absolute atomic E-state index is 0.0517. The summed E-state index contributed by atoms with van der Waals surface area (Å²) in [5.74, 6) is 0.833. The second kappa shape index (κ2) is 7.20. The number of rotatable bonds is 5. The lowest BCUT2D eigenvalue weighted by molar-refractivity contribution is 0.0959. The number of benzene rings is 2. The maximum Gasteiger partial charge on any atom is 0.253 e. The van der Waals surface area contributed by atoms with Gasteiger partial charge in [0.1, 0.15) is 12.4 Å². The normalized spacial score (nSPS) is 16.6. The molecule has 1 amide bonds. The van der Waals surface area contributed by atoms with E-state index < -0.39 is 0 Å². The number of hydrogen-bond donors (Lipinski definition) is 3. The van der Waals surface area contributed by atoms with E-state index in [2.05, 4.69) is 32.7 Å². The summed E-state index contributed by atoms with van der Waals surface area (Å²) < 4.78 is 5.92. The van der Waals surface area contributed by atoms with Gasteiger partial charge in [-0.25, -0.2) is 0 Å². The molecule has 0 saturated carbocycles. The van der Waals surface area contributed by atoms with Crippen LogP contribution in [0.3, 0.4) is 0 Å². The van der Waals surface area contributed by atoms with E-state index in [1.165, 1.54) is 25.9 Å². The third-order valence-electron chi connectivity index (χ3n) is 5.60. The van der Waals surface area contributed by atoms with E-state index in [4.69, 9.17) is 4.74 Å². The Hall–Kier alpha value is -2.99. The number of amides is 1. The second-order valence-electron chi connectivity index (χ2n) is 7.38. The number of carbonyl (C=O) groups excluding carboxylic acids is 1. The van der Waals surface area contributed by atoms with Gasteiger partial charge in [-0.1, -0.05) is 6.07 Å². The smallest absolute Gasteiger partial charge is 0.253 e. The first-order valence-corrected chi connectivity index (χ1v) is 9.92. The monoisotopic (exact) mass is 376 g/mol. The van der Waals surface area contributed by atoms with E-state index in [-0.39, 0.29) is 5.91 Å². The molecule has 0 unspecified atom stereocenters. The molecule has 0 aliphatic carbocycles. The van der Waals surface area contributed by atoms with Crippen LogP contribution in [0.5, 0.6) is 5.75 Å². The number of ether oxygens (including phenoxy) is 1. The van der Waals surface area contributed by atoms with E-state index >= 15 is 0 Å². The summed E-state index contributed by atoms with van der Waals surface area (Å²) in [7, 11) is 0. The fourth-order valence-electron chi connectivity index (χ4n) is 4.16. The van der Waals surface area contributed by atoms with Gasteiger partial charge in [0.15, 0.2) is 0 Å². The Labute approximate surface area is 163 Å². The summed E-state index contributed by atoms with van der Waals surface area (Å²) >= 11 is 0. The zero-order valence-corrected chi connectivity index (χ0v) is 15.8. The number of H-pyrrole nitrogens is 1. The van der Waals surface area contributed by atoms with E-state index in [0.717, 1.165) is 46.7 Å². The Bertz CT molecular complexity index is 1000. The summed E-state index contributed by atoms with van der Waals surface area (Å²) in [5.41, 5.74) is 4.67. The largest absolute Gasteiger partial charge is 0.492 e. The van der Waals surface area contributed by atoms with Crippen LogP contribution in [0, 0.1) is 0 Å². The highest BCUT2D eigenvalue weighted by molar-refractivity contribution is 6.15. The molecule has 1 aromatic heterocycles. The van der Waals surface area contributed by atoms with E-state index in [9.17, 15) is 4.79 Å². The van der Waals surface area contributed by atoms with Crippen molar-refractivity contribution in [3.05, 3.63) is 48.0 Å². The fourth-order valence-corrected chi connectivity index (χ4v) is 4.16. The Kier molecular flexibility index (Phi) is 4.41.